The van der Waals surface area contributed by atoms with Gasteiger partial charge in [0.2, 0.25) is 0 Å². The molecule has 7 heteroatoms. The Labute approximate surface area is 131 Å². The fourth-order valence-electron chi connectivity index (χ4n) is 2.53. The minimum absolute atomic E-state index is 0.207. The minimum atomic E-state index is -0.555. The molecule has 0 aromatic carbocycles. The van der Waals surface area contributed by atoms with Gasteiger partial charge in [-0.15, -0.1) is 0 Å². The molecular formula is C15H26N4O3. The van der Waals surface area contributed by atoms with Crippen molar-refractivity contribution in [2.24, 2.45) is 5.84 Å². The summed E-state index contributed by atoms with van der Waals surface area (Å²) in [6, 6.07) is 0. The molecule has 0 unspecified atom stereocenters. The number of rotatable bonds is 3. The van der Waals surface area contributed by atoms with E-state index in [0.717, 1.165) is 24.4 Å². The van der Waals surface area contributed by atoms with E-state index in [9.17, 15) is 4.79 Å². The number of nitrogens with two attached hydrogens (primary N) is 1. The number of aromatic nitrogens is 2. The van der Waals surface area contributed by atoms with E-state index in [4.69, 9.17) is 15.3 Å². The molecule has 0 atom stereocenters. The van der Waals surface area contributed by atoms with Crippen LogP contribution in [0.4, 0.5) is 4.79 Å². The molecule has 0 spiro atoms. The highest BCUT2D eigenvalue weighted by Gasteiger charge is 2.28. The first kappa shape index (κ1) is 16.9. The quantitative estimate of drug-likeness (QED) is 0.678. The summed E-state index contributed by atoms with van der Waals surface area (Å²) in [6.07, 6.45) is 3.02. The van der Waals surface area contributed by atoms with Gasteiger partial charge in [-0.05, 0) is 33.6 Å². The molecule has 22 heavy (non-hydrogen) atoms. The highest BCUT2D eigenvalue weighted by Crippen LogP contribution is 2.27. The Morgan fingerprint density at radius 2 is 2.14 bits per heavy atom. The lowest BCUT2D eigenvalue weighted by Gasteiger charge is -2.25. The Hall–Kier alpha value is -1.44. The Bertz CT molecular complexity index is 513. The van der Waals surface area contributed by atoms with Crippen molar-refractivity contribution in [2.75, 3.05) is 20.3 Å². The van der Waals surface area contributed by atoms with Crippen molar-refractivity contribution in [3.63, 3.8) is 0 Å². The van der Waals surface area contributed by atoms with Crippen LogP contribution >= 0.6 is 0 Å². The molecule has 7 nitrogen and oxygen atoms in total. The molecule has 1 fully saturated rings. The Kier molecular flexibility index (Phi) is 5.20. The van der Waals surface area contributed by atoms with Crippen LogP contribution in [0.2, 0.25) is 0 Å². The Morgan fingerprint density at radius 1 is 1.50 bits per heavy atom. The van der Waals surface area contributed by atoms with Crippen LogP contribution in [0.1, 0.15) is 51.0 Å². The first-order valence-electron chi connectivity index (χ1n) is 7.61. The van der Waals surface area contributed by atoms with Crippen LogP contribution in [-0.2, 0) is 16.0 Å². The van der Waals surface area contributed by atoms with Crippen LogP contribution < -0.4 is 5.84 Å². The van der Waals surface area contributed by atoms with Crippen molar-refractivity contribution in [3.8, 4) is 0 Å². The molecule has 2 heterocycles. The molecule has 1 aromatic heterocycles. The third-order valence-electron chi connectivity index (χ3n) is 3.44. The van der Waals surface area contributed by atoms with Crippen molar-refractivity contribution < 1.29 is 14.3 Å². The molecule has 0 aliphatic carbocycles. The molecule has 1 saturated heterocycles. The molecule has 2 N–H and O–H groups in total. The van der Waals surface area contributed by atoms with Gasteiger partial charge in [0, 0.05) is 26.2 Å². The summed E-state index contributed by atoms with van der Waals surface area (Å²) < 4.78 is 12.5. The van der Waals surface area contributed by atoms with E-state index in [-0.39, 0.29) is 5.92 Å². The standard InChI is InChI=1S/C15H26N4O3/c1-15(2,3)22-14(20)19-12(10-18(4)16)9-17-13(19)11-5-7-21-8-6-11/h9,11H,5-8,10,16H2,1-4H3. The molecule has 0 bridgehead atoms. The van der Waals surface area contributed by atoms with Gasteiger partial charge in [0.05, 0.1) is 18.4 Å². The van der Waals surface area contributed by atoms with Gasteiger partial charge in [-0.25, -0.2) is 19.4 Å². The van der Waals surface area contributed by atoms with Gasteiger partial charge in [0.25, 0.3) is 0 Å². The van der Waals surface area contributed by atoms with E-state index in [1.165, 1.54) is 5.01 Å². The Balaban J connectivity index is 2.32. The molecule has 1 aromatic rings. The number of nitrogens with zero attached hydrogens (tertiary/aromatic N) is 3. The van der Waals surface area contributed by atoms with Gasteiger partial charge >= 0.3 is 6.09 Å². The fraction of sp³-hybridized carbons (Fsp3) is 0.733. The summed E-state index contributed by atoms with van der Waals surface area (Å²) in [6.45, 7) is 7.37. The maximum absolute atomic E-state index is 12.6. The number of hydrazine groups is 1. The Morgan fingerprint density at radius 3 is 2.68 bits per heavy atom. The van der Waals surface area contributed by atoms with Crippen molar-refractivity contribution in [3.05, 3.63) is 17.7 Å². The topological polar surface area (TPSA) is 82.6 Å². The smallest absolute Gasteiger partial charge is 0.420 e. The second kappa shape index (κ2) is 6.76. The number of hydrogen-bond donors (Lipinski definition) is 1. The van der Waals surface area contributed by atoms with E-state index in [1.54, 1.807) is 17.8 Å². The molecule has 1 aliphatic rings. The summed E-state index contributed by atoms with van der Waals surface area (Å²) in [7, 11) is 1.75. The van der Waals surface area contributed by atoms with Gasteiger partial charge in [-0.2, -0.15) is 0 Å². The molecule has 1 aliphatic heterocycles. The SMILES string of the molecule is CN(N)Cc1cnc(C2CCOCC2)n1C(=O)OC(C)(C)C. The zero-order chi connectivity index (χ0) is 16.3. The molecule has 2 rings (SSSR count). The highest BCUT2D eigenvalue weighted by atomic mass is 16.6. The van der Waals surface area contributed by atoms with Gasteiger partial charge in [0.15, 0.2) is 0 Å². The lowest BCUT2D eigenvalue weighted by Crippen LogP contribution is -2.32. The molecule has 0 radical (unpaired) electrons. The van der Waals surface area contributed by atoms with E-state index in [1.807, 2.05) is 20.8 Å². The first-order chi connectivity index (χ1) is 10.3. The second-order valence-corrected chi connectivity index (χ2v) is 6.73. The maximum atomic E-state index is 12.6. The van der Waals surface area contributed by atoms with Gasteiger partial charge < -0.3 is 9.47 Å². The molecule has 0 amide bonds. The van der Waals surface area contributed by atoms with Crippen molar-refractivity contribution in [1.29, 1.82) is 0 Å². The van der Waals surface area contributed by atoms with Crippen LogP contribution in [-0.4, -0.2) is 46.5 Å². The van der Waals surface area contributed by atoms with E-state index >= 15 is 0 Å². The molecular weight excluding hydrogens is 284 g/mol. The largest absolute Gasteiger partial charge is 0.443 e. The van der Waals surface area contributed by atoms with Gasteiger partial charge in [-0.3, -0.25) is 5.84 Å². The first-order valence-corrected chi connectivity index (χ1v) is 7.61. The van der Waals surface area contributed by atoms with E-state index in [2.05, 4.69) is 4.98 Å². The van der Waals surface area contributed by atoms with E-state index in [0.29, 0.717) is 19.8 Å². The van der Waals surface area contributed by atoms with Gasteiger partial charge in [-0.1, -0.05) is 0 Å². The monoisotopic (exact) mass is 310 g/mol. The third kappa shape index (κ3) is 4.28. The predicted octanol–water partition coefficient (Wildman–Crippen LogP) is 1.87. The van der Waals surface area contributed by atoms with Crippen molar-refractivity contribution in [2.45, 2.75) is 51.7 Å². The molecule has 0 saturated carbocycles. The summed E-state index contributed by atoms with van der Waals surface area (Å²) >= 11 is 0. The summed E-state index contributed by atoms with van der Waals surface area (Å²) in [4.78, 5) is 17.1. The lowest BCUT2D eigenvalue weighted by atomic mass is 9.99. The average Bonchev–Trinajstić information content (AvgIpc) is 2.80. The van der Waals surface area contributed by atoms with Crippen LogP contribution in [0.25, 0.3) is 0 Å². The van der Waals surface area contributed by atoms with Crippen molar-refractivity contribution >= 4 is 6.09 Å². The zero-order valence-electron chi connectivity index (χ0n) is 13.8. The van der Waals surface area contributed by atoms with Crippen LogP contribution in [0.15, 0.2) is 6.20 Å². The van der Waals surface area contributed by atoms with Crippen LogP contribution in [0.5, 0.6) is 0 Å². The number of hydrogen-bond acceptors (Lipinski definition) is 6. The normalized spacial score (nSPS) is 17.0. The fourth-order valence-corrected chi connectivity index (χ4v) is 2.53. The number of imidazole rings is 1. The second-order valence-electron chi connectivity index (χ2n) is 6.73. The summed E-state index contributed by atoms with van der Waals surface area (Å²) in [5, 5.41) is 1.52. The number of carbonyl (C=O) groups is 1. The third-order valence-corrected chi connectivity index (χ3v) is 3.44. The zero-order valence-corrected chi connectivity index (χ0v) is 13.8. The predicted molar refractivity (Wildman–Crippen MR) is 82.3 cm³/mol. The number of ether oxygens (including phenoxy) is 2. The van der Waals surface area contributed by atoms with Crippen LogP contribution in [0, 0.1) is 0 Å². The summed E-state index contributed by atoms with van der Waals surface area (Å²) in [5.41, 5.74) is 0.181. The summed E-state index contributed by atoms with van der Waals surface area (Å²) in [5.74, 6) is 6.68. The number of carbonyl (C=O) groups excluding carboxylic acids is 1. The van der Waals surface area contributed by atoms with E-state index < -0.39 is 11.7 Å². The van der Waals surface area contributed by atoms with Crippen LogP contribution in [0.3, 0.4) is 0 Å². The highest BCUT2D eigenvalue weighted by molar-refractivity contribution is 5.72. The van der Waals surface area contributed by atoms with Gasteiger partial charge in [0.1, 0.15) is 11.4 Å². The van der Waals surface area contributed by atoms with Crippen molar-refractivity contribution in [1.82, 2.24) is 14.6 Å². The average molecular weight is 310 g/mol. The molecule has 124 valence electrons. The minimum Gasteiger partial charge on any atom is -0.443 e. The lowest BCUT2D eigenvalue weighted by molar-refractivity contribution is 0.0504. The maximum Gasteiger partial charge on any atom is 0.420 e.